The first-order chi connectivity index (χ1) is 11.9. The molecule has 0 atom stereocenters. The van der Waals surface area contributed by atoms with Crippen molar-refractivity contribution in [3.8, 4) is 0 Å². The van der Waals surface area contributed by atoms with Crippen molar-refractivity contribution >= 4 is 22.5 Å². The second-order valence-corrected chi connectivity index (χ2v) is 6.96. The van der Waals surface area contributed by atoms with Crippen LogP contribution in [-0.2, 0) is 0 Å². The largest absolute Gasteiger partial charge is 0.350 e. The van der Waals surface area contributed by atoms with Gasteiger partial charge in [-0.3, -0.25) is 4.79 Å². The van der Waals surface area contributed by atoms with Crippen LogP contribution < -0.4 is 5.32 Å². The Bertz CT molecular complexity index is 899. The zero-order chi connectivity index (χ0) is 18.1. The Morgan fingerprint density at radius 3 is 2.16 bits per heavy atom. The molecule has 0 radical (unpaired) electrons. The predicted molar refractivity (Wildman–Crippen MR) is 101 cm³/mol. The Morgan fingerprint density at radius 2 is 1.60 bits per heavy atom. The molecule has 0 saturated heterocycles. The maximum Gasteiger partial charge on any atom is 0.272 e. The third kappa shape index (κ3) is 3.29. The lowest BCUT2D eigenvalue weighted by molar-refractivity contribution is 0.102. The Morgan fingerprint density at radius 1 is 1.00 bits per heavy atom. The minimum Gasteiger partial charge on any atom is -0.350 e. The van der Waals surface area contributed by atoms with Crippen LogP contribution in [0.25, 0.3) is 10.9 Å². The fraction of sp³-hybridized carbons (Fsp3) is 0.286. The topological polar surface area (TPSA) is 44.9 Å². The Kier molecular flexibility index (Phi) is 4.62. The zero-order valence-electron chi connectivity index (χ0n) is 15.0. The number of hydrogen-bond acceptors (Lipinski definition) is 1. The van der Waals surface area contributed by atoms with Gasteiger partial charge in [-0.1, -0.05) is 52.0 Å². The standard InChI is InChI=1S/C21H23FN2O/c1-12(2)14-7-5-8-15(13(3)4)20(14)24-21(25)19-11-16-17(22)9-6-10-18(16)23-19/h5-13,23H,1-4H3,(H,24,25). The van der Waals surface area contributed by atoms with E-state index in [1.807, 2.05) is 18.2 Å². The van der Waals surface area contributed by atoms with Crippen molar-refractivity contribution in [2.75, 3.05) is 5.32 Å². The molecule has 2 N–H and O–H groups in total. The average Bonchev–Trinajstić information content (AvgIpc) is 3.00. The van der Waals surface area contributed by atoms with Gasteiger partial charge in [0.2, 0.25) is 0 Å². The van der Waals surface area contributed by atoms with Crippen LogP contribution in [0.5, 0.6) is 0 Å². The number of hydrogen-bond donors (Lipinski definition) is 2. The van der Waals surface area contributed by atoms with E-state index in [-0.39, 0.29) is 23.6 Å². The molecule has 3 aromatic rings. The van der Waals surface area contributed by atoms with Crippen molar-refractivity contribution in [1.29, 1.82) is 0 Å². The highest BCUT2D eigenvalue weighted by Gasteiger charge is 2.18. The lowest BCUT2D eigenvalue weighted by Gasteiger charge is -2.20. The van der Waals surface area contributed by atoms with Gasteiger partial charge in [0, 0.05) is 16.6 Å². The summed E-state index contributed by atoms with van der Waals surface area (Å²) in [5.74, 6) is -0.0211. The van der Waals surface area contributed by atoms with Crippen LogP contribution in [-0.4, -0.2) is 10.9 Å². The SMILES string of the molecule is CC(C)c1cccc(C(C)C)c1NC(=O)c1cc2c(F)cccc2[nH]1. The number of benzene rings is 2. The lowest BCUT2D eigenvalue weighted by Crippen LogP contribution is -2.16. The fourth-order valence-corrected chi connectivity index (χ4v) is 3.12. The summed E-state index contributed by atoms with van der Waals surface area (Å²) in [6.07, 6.45) is 0. The van der Waals surface area contributed by atoms with E-state index >= 15 is 0 Å². The number of carbonyl (C=O) groups is 1. The second kappa shape index (κ2) is 6.71. The van der Waals surface area contributed by atoms with Gasteiger partial charge in [0.05, 0.1) is 0 Å². The van der Waals surface area contributed by atoms with Crippen LogP contribution in [0.15, 0.2) is 42.5 Å². The molecule has 0 fully saturated rings. The maximum absolute atomic E-state index is 13.9. The van der Waals surface area contributed by atoms with Crippen molar-refractivity contribution in [1.82, 2.24) is 4.98 Å². The van der Waals surface area contributed by atoms with Crippen molar-refractivity contribution < 1.29 is 9.18 Å². The average molecular weight is 338 g/mol. The number of para-hydroxylation sites is 1. The van der Waals surface area contributed by atoms with Gasteiger partial charge in [0.1, 0.15) is 11.5 Å². The summed E-state index contributed by atoms with van der Waals surface area (Å²) in [7, 11) is 0. The second-order valence-electron chi connectivity index (χ2n) is 6.96. The van der Waals surface area contributed by atoms with E-state index in [1.165, 1.54) is 6.07 Å². The van der Waals surface area contributed by atoms with Crippen LogP contribution in [0.2, 0.25) is 0 Å². The molecule has 0 aliphatic carbocycles. The summed E-state index contributed by atoms with van der Waals surface area (Å²) in [5.41, 5.74) is 4.03. The Labute approximate surface area is 147 Å². The summed E-state index contributed by atoms with van der Waals surface area (Å²) in [4.78, 5) is 15.8. The van der Waals surface area contributed by atoms with Crippen LogP contribution >= 0.6 is 0 Å². The van der Waals surface area contributed by atoms with Crippen LogP contribution in [0, 0.1) is 5.82 Å². The fourth-order valence-electron chi connectivity index (χ4n) is 3.12. The molecule has 130 valence electrons. The number of amides is 1. The van der Waals surface area contributed by atoms with Crippen LogP contribution in [0.3, 0.4) is 0 Å². The number of aromatic amines is 1. The minimum atomic E-state index is -0.335. The predicted octanol–water partition coefficient (Wildman–Crippen LogP) is 5.81. The van der Waals surface area contributed by atoms with Crippen molar-refractivity contribution in [2.45, 2.75) is 39.5 Å². The zero-order valence-corrected chi connectivity index (χ0v) is 15.0. The first kappa shape index (κ1) is 17.2. The van der Waals surface area contributed by atoms with Gasteiger partial charge in [-0.2, -0.15) is 0 Å². The van der Waals surface area contributed by atoms with Crippen molar-refractivity contribution in [3.63, 3.8) is 0 Å². The van der Waals surface area contributed by atoms with E-state index < -0.39 is 0 Å². The molecule has 1 amide bonds. The third-order valence-corrected chi connectivity index (χ3v) is 4.47. The molecular weight excluding hydrogens is 315 g/mol. The maximum atomic E-state index is 13.9. The Hall–Kier alpha value is -2.62. The molecule has 1 heterocycles. The summed E-state index contributed by atoms with van der Waals surface area (Å²) in [6, 6.07) is 12.4. The van der Waals surface area contributed by atoms with E-state index in [4.69, 9.17) is 0 Å². The number of H-pyrrole nitrogens is 1. The summed E-state index contributed by atoms with van der Waals surface area (Å²) >= 11 is 0. The molecular formula is C21H23FN2O. The highest BCUT2D eigenvalue weighted by molar-refractivity contribution is 6.06. The molecule has 25 heavy (non-hydrogen) atoms. The summed E-state index contributed by atoms with van der Waals surface area (Å²) in [5, 5.41) is 3.47. The number of carbonyl (C=O) groups excluding carboxylic acids is 1. The van der Waals surface area contributed by atoms with E-state index in [2.05, 4.69) is 38.0 Å². The number of aromatic nitrogens is 1. The minimum absolute atomic E-state index is 0.259. The smallest absolute Gasteiger partial charge is 0.272 e. The van der Waals surface area contributed by atoms with E-state index in [0.29, 0.717) is 16.6 Å². The Balaban J connectivity index is 2.01. The number of rotatable bonds is 4. The van der Waals surface area contributed by atoms with Crippen molar-refractivity contribution in [2.24, 2.45) is 0 Å². The monoisotopic (exact) mass is 338 g/mol. The molecule has 3 rings (SSSR count). The first-order valence-electron chi connectivity index (χ1n) is 8.60. The molecule has 3 nitrogen and oxygen atoms in total. The van der Waals surface area contributed by atoms with Gasteiger partial charge in [0.15, 0.2) is 0 Å². The number of halogens is 1. The van der Waals surface area contributed by atoms with Gasteiger partial charge < -0.3 is 10.3 Å². The molecule has 0 aliphatic heterocycles. The lowest BCUT2D eigenvalue weighted by atomic mass is 9.92. The van der Waals surface area contributed by atoms with Gasteiger partial charge in [-0.15, -0.1) is 0 Å². The molecule has 0 bridgehead atoms. The number of anilines is 1. The quantitative estimate of drug-likeness (QED) is 0.620. The molecule has 0 saturated carbocycles. The van der Waals surface area contributed by atoms with Crippen LogP contribution in [0.4, 0.5) is 10.1 Å². The van der Waals surface area contributed by atoms with Gasteiger partial charge in [0.25, 0.3) is 5.91 Å². The van der Waals surface area contributed by atoms with Gasteiger partial charge in [-0.25, -0.2) is 4.39 Å². The normalized spacial score (nSPS) is 11.5. The summed E-state index contributed by atoms with van der Waals surface area (Å²) < 4.78 is 13.9. The van der Waals surface area contributed by atoms with Crippen LogP contribution in [0.1, 0.15) is 61.1 Å². The van der Waals surface area contributed by atoms with Gasteiger partial charge in [-0.05, 0) is 41.2 Å². The highest BCUT2D eigenvalue weighted by atomic mass is 19.1. The highest BCUT2D eigenvalue weighted by Crippen LogP contribution is 2.32. The van der Waals surface area contributed by atoms with E-state index in [0.717, 1.165) is 16.8 Å². The molecule has 0 unspecified atom stereocenters. The summed E-state index contributed by atoms with van der Waals surface area (Å²) in [6.45, 7) is 8.42. The number of nitrogens with one attached hydrogen (secondary N) is 2. The molecule has 2 aromatic carbocycles. The molecule has 0 spiro atoms. The van der Waals surface area contributed by atoms with E-state index in [1.54, 1.807) is 18.2 Å². The van der Waals surface area contributed by atoms with Gasteiger partial charge >= 0.3 is 0 Å². The molecule has 1 aromatic heterocycles. The van der Waals surface area contributed by atoms with Crippen molar-refractivity contribution in [3.05, 3.63) is 65.1 Å². The third-order valence-electron chi connectivity index (χ3n) is 4.47. The first-order valence-corrected chi connectivity index (χ1v) is 8.60. The molecule has 4 heteroatoms. The van der Waals surface area contributed by atoms with E-state index in [9.17, 15) is 9.18 Å². The number of fused-ring (bicyclic) bond motifs is 1. The molecule has 0 aliphatic rings.